The number of hydrogen-bond acceptors (Lipinski definition) is 5. The average molecular weight is 367 g/mol. The number of para-hydroxylation sites is 1. The van der Waals surface area contributed by atoms with Crippen molar-refractivity contribution in [2.24, 2.45) is 5.73 Å². The van der Waals surface area contributed by atoms with Crippen LogP contribution >= 0.6 is 12.4 Å². The van der Waals surface area contributed by atoms with Crippen molar-refractivity contribution in [2.75, 3.05) is 5.73 Å². The summed E-state index contributed by atoms with van der Waals surface area (Å²) in [5.74, 6) is 0.212. The van der Waals surface area contributed by atoms with Crippen LogP contribution in [0.4, 0.5) is 5.82 Å². The molecule has 3 aromatic rings. The molecule has 0 amide bonds. The average Bonchev–Trinajstić information content (AvgIpc) is 2.62. The molecule has 0 radical (unpaired) electrons. The van der Waals surface area contributed by atoms with Crippen molar-refractivity contribution in [3.05, 3.63) is 77.4 Å². The van der Waals surface area contributed by atoms with Gasteiger partial charge in [-0.3, -0.25) is 0 Å². The Morgan fingerprint density at radius 1 is 1.08 bits per heavy atom. The Hall–Kier alpha value is -3.07. The Kier molecular flexibility index (Phi) is 6.18. The van der Waals surface area contributed by atoms with Crippen LogP contribution in [-0.4, -0.2) is 10.1 Å². The maximum atomic E-state index is 10.1. The van der Waals surface area contributed by atoms with Gasteiger partial charge in [0.2, 0.25) is 0 Å². The van der Waals surface area contributed by atoms with E-state index in [0.717, 1.165) is 5.56 Å². The molecule has 2 aromatic carbocycles. The molecule has 0 aliphatic heterocycles. The van der Waals surface area contributed by atoms with Crippen LogP contribution in [0.3, 0.4) is 0 Å². The van der Waals surface area contributed by atoms with E-state index in [0.29, 0.717) is 23.2 Å². The number of nitriles is 1. The lowest BCUT2D eigenvalue weighted by Crippen LogP contribution is -2.16. The summed E-state index contributed by atoms with van der Waals surface area (Å²) in [6.45, 7) is 0. The fraction of sp³-hybridized carbons (Fsp3) is 0.100. The molecule has 5 N–H and O–H groups in total. The van der Waals surface area contributed by atoms with Crippen LogP contribution < -0.4 is 11.5 Å². The summed E-state index contributed by atoms with van der Waals surface area (Å²) < 4.78 is 0. The number of halogens is 1. The van der Waals surface area contributed by atoms with Crippen LogP contribution in [-0.2, 0) is 6.42 Å². The summed E-state index contributed by atoms with van der Waals surface area (Å²) in [7, 11) is 0. The molecule has 1 heterocycles. The molecule has 0 bridgehead atoms. The van der Waals surface area contributed by atoms with Crippen molar-refractivity contribution in [1.82, 2.24) is 4.98 Å². The van der Waals surface area contributed by atoms with Gasteiger partial charge < -0.3 is 16.6 Å². The predicted octanol–water partition coefficient (Wildman–Crippen LogP) is 3.57. The Bertz CT molecular complexity index is 938. The highest BCUT2D eigenvalue weighted by atomic mass is 35.5. The van der Waals surface area contributed by atoms with Gasteiger partial charge in [-0.2, -0.15) is 5.26 Å². The number of anilines is 1. The SMILES string of the molecule is Cl.N#Cc1c([C@H](N)Cc2ccccc2)cc(-c2ccccc2O)nc1N. The molecule has 0 aliphatic carbocycles. The van der Waals surface area contributed by atoms with E-state index in [9.17, 15) is 10.4 Å². The molecule has 0 saturated heterocycles. The van der Waals surface area contributed by atoms with Crippen molar-refractivity contribution in [3.8, 4) is 23.1 Å². The molecule has 3 rings (SSSR count). The van der Waals surface area contributed by atoms with Crippen molar-refractivity contribution in [2.45, 2.75) is 12.5 Å². The summed E-state index contributed by atoms with van der Waals surface area (Å²) in [4.78, 5) is 4.26. The van der Waals surface area contributed by atoms with Crippen molar-refractivity contribution >= 4 is 18.2 Å². The first-order valence-electron chi connectivity index (χ1n) is 7.88. The molecule has 0 fully saturated rings. The number of nitrogen functional groups attached to an aromatic ring is 1. The first-order valence-corrected chi connectivity index (χ1v) is 7.88. The third kappa shape index (κ3) is 3.94. The summed E-state index contributed by atoms with van der Waals surface area (Å²) in [6.07, 6.45) is 0.569. The zero-order valence-corrected chi connectivity index (χ0v) is 14.8. The van der Waals surface area contributed by atoms with E-state index >= 15 is 0 Å². The minimum Gasteiger partial charge on any atom is -0.507 e. The van der Waals surface area contributed by atoms with Gasteiger partial charge in [-0.25, -0.2) is 4.98 Å². The Morgan fingerprint density at radius 3 is 2.38 bits per heavy atom. The van der Waals surface area contributed by atoms with E-state index in [2.05, 4.69) is 11.1 Å². The lowest BCUT2D eigenvalue weighted by Gasteiger charge is -2.16. The van der Waals surface area contributed by atoms with Gasteiger partial charge in [0.05, 0.1) is 11.3 Å². The van der Waals surface area contributed by atoms with Crippen molar-refractivity contribution in [1.29, 1.82) is 5.26 Å². The minimum atomic E-state index is -0.410. The molecule has 5 nitrogen and oxygen atoms in total. The molecule has 6 heteroatoms. The van der Waals surface area contributed by atoms with Gasteiger partial charge in [-0.1, -0.05) is 42.5 Å². The molecular formula is C20H19ClN4O. The van der Waals surface area contributed by atoms with E-state index in [1.165, 1.54) is 0 Å². The van der Waals surface area contributed by atoms with Gasteiger partial charge in [0.25, 0.3) is 0 Å². The summed E-state index contributed by atoms with van der Waals surface area (Å²) in [5.41, 5.74) is 15.4. The molecule has 0 saturated carbocycles. The normalized spacial score (nSPS) is 11.2. The quantitative estimate of drug-likeness (QED) is 0.653. The lowest BCUT2D eigenvalue weighted by atomic mass is 9.94. The second-order valence-electron chi connectivity index (χ2n) is 5.78. The number of hydrogen-bond donors (Lipinski definition) is 3. The summed E-state index contributed by atoms with van der Waals surface area (Å²) in [6, 6.07) is 20.1. The third-order valence-corrected chi connectivity index (χ3v) is 4.07. The maximum Gasteiger partial charge on any atom is 0.142 e. The Morgan fingerprint density at radius 2 is 1.73 bits per heavy atom. The van der Waals surface area contributed by atoms with Gasteiger partial charge in [0, 0.05) is 11.6 Å². The van der Waals surface area contributed by atoms with Gasteiger partial charge in [-0.15, -0.1) is 12.4 Å². The number of aromatic hydroxyl groups is 1. The molecule has 1 atom stereocenters. The second kappa shape index (κ2) is 8.34. The number of nitrogens with two attached hydrogens (primary N) is 2. The smallest absolute Gasteiger partial charge is 0.142 e. The maximum absolute atomic E-state index is 10.1. The third-order valence-electron chi connectivity index (χ3n) is 4.07. The van der Waals surface area contributed by atoms with Crippen LogP contribution in [0.1, 0.15) is 22.7 Å². The van der Waals surface area contributed by atoms with Gasteiger partial charge in [-0.05, 0) is 35.7 Å². The van der Waals surface area contributed by atoms with E-state index in [1.54, 1.807) is 30.3 Å². The Labute approximate surface area is 158 Å². The van der Waals surface area contributed by atoms with Crippen LogP contribution in [0, 0.1) is 11.3 Å². The van der Waals surface area contributed by atoms with Gasteiger partial charge in [0.1, 0.15) is 17.6 Å². The number of aromatic nitrogens is 1. The highest BCUT2D eigenvalue weighted by molar-refractivity contribution is 5.85. The monoisotopic (exact) mass is 366 g/mol. The summed E-state index contributed by atoms with van der Waals surface area (Å²) >= 11 is 0. The first-order chi connectivity index (χ1) is 12.1. The molecule has 0 aliphatic rings. The van der Waals surface area contributed by atoms with Crippen molar-refractivity contribution < 1.29 is 5.11 Å². The van der Waals surface area contributed by atoms with Crippen LogP contribution in [0.2, 0.25) is 0 Å². The zero-order valence-electron chi connectivity index (χ0n) is 14.0. The minimum absolute atomic E-state index is 0. The van der Waals surface area contributed by atoms with E-state index in [4.69, 9.17) is 11.5 Å². The molecule has 1 aromatic heterocycles. The number of nitrogens with zero attached hydrogens (tertiary/aromatic N) is 2. The van der Waals surface area contributed by atoms with E-state index in [-0.39, 0.29) is 29.5 Å². The molecule has 26 heavy (non-hydrogen) atoms. The zero-order chi connectivity index (χ0) is 17.8. The van der Waals surface area contributed by atoms with E-state index < -0.39 is 6.04 Å². The van der Waals surface area contributed by atoms with Crippen LogP contribution in [0.5, 0.6) is 5.75 Å². The van der Waals surface area contributed by atoms with Crippen LogP contribution in [0.25, 0.3) is 11.3 Å². The largest absolute Gasteiger partial charge is 0.507 e. The number of phenols is 1. The van der Waals surface area contributed by atoms with Crippen LogP contribution in [0.15, 0.2) is 60.7 Å². The topological polar surface area (TPSA) is 109 Å². The molecule has 0 spiro atoms. The first kappa shape index (κ1) is 19.3. The van der Waals surface area contributed by atoms with Gasteiger partial charge in [0.15, 0.2) is 0 Å². The van der Waals surface area contributed by atoms with Crippen molar-refractivity contribution in [3.63, 3.8) is 0 Å². The fourth-order valence-corrected chi connectivity index (χ4v) is 2.81. The lowest BCUT2D eigenvalue weighted by molar-refractivity contribution is 0.477. The molecular weight excluding hydrogens is 348 g/mol. The number of benzene rings is 2. The summed E-state index contributed by atoms with van der Waals surface area (Å²) in [5, 5.41) is 19.5. The molecule has 0 unspecified atom stereocenters. The highest BCUT2D eigenvalue weighted by Gasteiger charge is 2.18. The van der Waals surface area contributed by atoms with Gasteiger partial charge >= 0.3 is 0 Å². The number of rotatable bonds is 4. The Balaban J connectivity index is 0.00000243. The number of phenolic OH excluding ortho intramolecular Hbond substituents is 1. The fourth-order valence-electron chi connectivity index (χ4n) is 2.81. The second-order valence-corrected chi connectivity index (χ2v) is 5.78. The highest BCUT2D eigenvalue weighted by Crippen LogP contribution is 2.32. The predicted molar refractivity (Wildman–Crippen MR) is 105 cm³/mol. The number of pyridine rings is 1. The van der Waals surface area contributed by atoms with E-state index in [1.807, 2.05) is 30.3 Å². The molecule has 132 valence electrons. The standard InChI is InChI=1S/C20H18N4O.ClH/c21-12-16-15(17(22)10-13-6-2-1-3-7-13)11-18(24-20(16)23)14-8-4-5-9-19(14)25;/h1-9,11,17,25H,10,22H2,(H2,23,24);1H/t17-;/m1./s1.